The lowest BCUT2D eigenvalue weighted by Gasteiger charge is -2.30. The van der Waals surface area contributed by atoms with Crippen LogP contribution < -0.4 is 5.32 Å². The summed E-state index contributed by atoms with van der Waals surface area (Å²) in [5, 5.41) is 25.0. The molecule has 2 aromatic heterocycles. The smallest absolute Gasteiger partial charge is 0.243 e. The van der Waals surface area contributed by atoms with Crippen LogP contribution in [0.25, 0.3) is 21.3 Å². The number of nitrogens with zero attached hydrogens (tertiary/aromatic N) is 4. The van der Waals surface area contributed by atoms with Gasteiger partial charge in [-0.2, -0.15) is 0 Å². The van der Waals surface area contributed by atoms with Crippen molar-refractivity contribution in [2.75, 3.05) is 38.6 Å². The van der Waals surface area contributed by atoms with E-state index < -0.39 is 0 Å². The van der Waals surface area contributed by atoms with E-state index >= 15 is 0 Å². The number of aromatic nitrogens is 3. The van der Waals surface area contributed by atoms with E-state index in [-0.39, 0.29) is 11.9 Å². The normalized spacial score (nSPS) is 18.3. The van der Waals surface area contributed by atoms with E-state index in [2.05, 4.69) is 32.4 Å². The standard InChI is InChI=1S/C18H21N5O2S/c1-11-16(14-3-4-15-13(17(14)24)5-8-26-15)21-22-18(20-11)19-9-12-10-23(2)6-7-25-12/h3-5,8,12,24H,6-7,9-10H2,1-2H3,(H,19,20,22)/t12-/m1/s1. The Morgan fingerprint density at radius 1 is 1.35 bits per heavy atom. The number of aryl methyl sites for hydroxylation is 1. The van der Waals surface area contributed by atoms with Crippen LogP contribution >= 0.6 is 11.3 Å². The molecule has 0 amide bonds. The van der Waals surface area contributed by atoms with Crippen molar-refractivity contribution in [3.8, 4) is 17.0 Å². The van der Waals surface area contributed by atoms with Gasteiger partial charge in [-0.05, 0) is 37.6 Å². The van der Waals surface area contributed by atoms with Gasteiger partial charge in [-0.25, -0.2) is 4.98 Å². The summed E-state index contributed by atoms with van der Waals surface area (Å²) in [6.45, 7) is 5.09. The Bertz CT molecular complexity index is 929. The molecular weight excluding hydrogens is 350 g/mol. The number of morpholine rings is 1. The first kappa shape index (κ1) is 17.1. The van der Waals surface area contributed by atoms with Gasteiger partial charge >= 0.3 is 0 Å². The quantitative estimate of drug-likeness (QED) is 0.729. The summed E-state index contributed by atoms with van der Waals surface area (Å²) < 4.78 is 6.77. The molecule has 0 radical (unpaired) electrons. The van der Waals surface area contributed by atoms with Crippen LogP contribution in [0.1, 0.15) is 5.69 Å². The molecule has 1 saturated heterocycles. The monoisotopic (exact) mass is 371 g/mol. The first-order chi connectivity index (χ1) is 12.6. The highest BCUT2D eigenvalue weighted by Crippen LogP contribution is 2.37. The average Bonchev–Trinajstić information content (AvgIpc) is 3.11. The lowest BCUT2D eigenvalue weighted by Crippen LogP contribution is -2.43. The number of benzene rings is 1. The summed E-state index contributed by atoms with van der Waals surface area (Å²) in [7, 11) is 2.09. The third-order valence-electron chi connectivity index (χ3n) is 4.55. The minimum atomic E-state index is 0.113. The number of likely N-dealkylation sites (N-methyl/N-ethyl adjacent to an activating group) is 1. The van der Waals surface area contributed by atoms with Crippen molar-refractivity contribution in [3.05, 3.63) is 29.3 Å². The zero-order valence-corrected chi connectivity index (χ0v) is 15.6. The largest absolute Gasteiger partial charge is 0.507 e. The molecule has 26 heavy (non-hydrogen) atoms. The number of phenols is 1. The van der Waals surface area contributed by atoms with Crippen molar-refractivity contribution in [1.29, 1.82) is 0 Å². The van der Waals surface area contributed by atoms with Crippen molar-refractivity contribution in [3.63, 3.8) is 0 Å². The first-order valence-electron chi connectivity index (χ1n) is 8.56. The molecule has 1 fully saturated rings. The zero-order valence-electron chi connectivity index (χ0n) is 14.8. The number of rotatable bonds is 4. The summed E-state index contributed by atoms with van der Waals surface area (Å²) in [5.41, 5.74) is 1.96. The predicted octanol–water partition coefficient (Wildman–Crippen LogP) is 2.51. The molecule has 1 aliphatic heterocycles. The maximum Gasteiger partial charge on any atom is 0.243 e. The number of fused-ring (bicyclic) bond motifs is 1. The van der Waals surface area contributed by atoms with E-state index in [0.717, 1.165) is 29.8 Å². The van der Waals surface area contributed by atoms with Crippen LogP contribution in [-0.4, -0.2) is 64.6 Å². The van der Waals surface area contributed by atoms with E-state index in [1.165, 1.54) is 0 Å². The highest BCUT2D eigenvalue weighted by atomic mass is 32.1. The number of hydrogen-bond donors (Lipinski definition) is 2. The summed E-state index contributed by atoms with van der Waals surface area (Å²) in [4.78, 5) is 6.74. The number of nitrogens with one attached hydrogen (secondary N) is 1. The van der Waals surface area contributed by atoms with Gasteiger partial charge in [0.15, 0.2) is 0 Å². The number of ether oxygens (including phenoxy) is 1. The first-order valence-corrected chi connectivity index (χ1v) is 9.44. The third kappa shape index (κ3) is 3.35. The van der Waals surface area contributed by atoms with Gasteiger partial charge in [0.1, 0.15) is 11.4 Å². The molecule has 7 nitrogen and oxygen atoms in total. The molecule has 1 aliphatic rings. The van der Waals surface area contributed by atoms with Crippen LogP contribution in [0.2, 0.25) is 0 Å². The van der Waals surface area contributed by atoms with E-state index in [1.807, 2.05) is 30.5 Å². The van der Waals surface area contributed by atoms with Gasteiger partial charge in [-0.1, -0.05) is 0 Å². The van der Waals surface area contributed by atoms with E-state index in [9.17, 15) is 5.11 Å². The second-order valence-electron chi connectivity index (χ2n) is 6.50. The lowest BCUT2D eigenvalue weighted by molar-refractivity contribution is -0.0118. The number of anilines is 1. The molecule has 0 unspecified atom stereocenters. The second-order valence-corrected chi connectivity index (χ2v) is 7.45. The molecule has 4 rings (SSSR count). The van der Waals surface area contributed by atoms with Crippen molar-refractivity contribution < 1.29 is 9.84 Å². The van der Waals surface area contributed by atoms with Gasteiger partial charge in [0.05, 0.1) is 18.4 Å². The van der Waals surface area contributed by atoms with Crippen LogP contribution in [-0.2, 0) is 4.74 Å². The SMILES string of the molecule is Cc1nc(NC[C@@H]2CN(C)CCO2)nnc1-c1ccc2sccc2c1O. The minimum Gasteiger partial charge on any atom is -0.507 e. The van der Waals surface area contributed by atoms with Crippen LogP contribution in [0, 0.1) is 6.92 Å². The van der Waals surface area contributed by atoms with Crippen molar-refractivity contribution in [2.45, 2.75) is 13.0 Å². The summed E-state index contributed by atoms with van der Waals surface area (Å²) in [6.07, 6.45) is 0.113. The van der Waals surface area contributed by atoms with Gasteiger partial charge in [-0.15, -0.1) is 21.5 Å². The van der Waals surface area contributed by atoms with Crippen molar-refractivity contribution in [1.82, 2.24) is 20.1 Å². The molecule has 2 N–H and O–H groups in total. The maximum absolute atomic E-state index is 10.6. The molecular formula is C18H21N5O2S. The van der Waals surface area contributed by atoms with E-state index in [4.69, 9.17) is 4.74 Å². The Kier molecular flexibility index (Phi) is 4.71. The minimum absolute atomic E-state index is 0.113. The molecule has 3 heterocycles. The molecule has 136 valence electrons. The Labute approximate surface area is 155 Å². The molecule has 0 saturated carbocycles. The average molecular weight is 371 g/mol. The Morgan fingerprint density at radius 2 is 2.23 bits per heavy atom. The summed E-state index contributed by atoms with van der Waals surface area (Å²) in [5.74, 6) is 0.696. The van der Waals surface area contributed by atoms with Crippen LogP contribution in [0.3, 0.4) is 0 Å². The van der Waals surface area contributed by atoms with E-state index in [1.54, 1.807) is 11.3 Å². The van der Waals surface area contributed by atoms with Gasteiger partial charge in [0.25, 0.3) is 0 Å². The fourth-order valence-corrected chi connectivity index (χ4v) is 3.93. The van der Waals surface area contributed by atoms with Crippen LogP contribution in [0.5, 0.6) is 5.75 Å². The molecule has 0 aliphatic carbocycles. The highest BCUT2D eigenvalue weighted by molar-refractivity contribution is 7.17. The van der Waals surface area contributed by atoms with Crippen LogP contribution in [0.15, 0.2) is 23.6 Å². The third-order valence-corrected chi connectivity index (χ3v) is 5.43. The number of hydrogen-bond acceptors (Lipinski definition) is 8. The number of aromatic hydroxyl groups is 1. The zero-order chi connectivity index (χ0) is 18.1. The molecule has 1 aromatic carbocycles. The topological polar surface area (TPSA) is 83.4 Å². The summed E-state index contributed by atoms with van der Waals surface area (Å²) in [6, 6.07) is 5.76. The Balaban J connectivity index is 1.52. The predicted molar refractivity (Wildman–Crippen MR) is 103 cm³/mol. The van der Waals surface area contributed by atoms with Gasteiger partial charge in [-0.3, -0.25) is 0 Å². The molecule has 1 atom stereocenters. The molecule has 8 heteroatoms. The number of thiophene rings is 1. The van der Waals surface area contributed by atoms with Gasteiger partial charge in [0.2, 0.25) is 5.95 Å². The van der Waals surface area contributed by atoms with E-state index in [0.29, 0.717) is 29.4 Å². The second kappa shape index (κ2) is 7.14. The van der Waals surface area contributed by atoms with Gasteiger partial charge in [0, 0.05) is 35.3 Å². The van der Waals surface area contributed by atoms with Gasteiger partial charge < -0.3 is 20.1 Å². The Hall–Kier alpha value is -2.29. The lowest BCUT2D eigenvalue weighted by atomic mass is 10.1. The fraction of sp³-hybridized carbons (Fsp3) is 0.389. The Morgan fingerprint density at radius 3 is 3.04 bits per heavy atom. The maximum atomic E-state index is 10.6. The number of phenolic OH excluding ortho intramolecular Hbond substituents is 1. The molecule has 0 spiro atoms. The molecule has 0 bridgehead atoms. The van der Waals surface area contributed by atoms with Crippen LogP contribution in [0.4, 0.5) is 5.95 Å². The highest BCUT2D eigenvalue weighted by Gasteiger charge is 2.19. The summed E-state index contributed by atoms with van der Waals surface area (Å²) >= 11 is 1.60. The van der Waals surface area contributed by atoms with Crippen molar-refractivity contribution in [2.24, 2.45) is 0 Å². The fourth-order valence-electron chi connectivity index (χ4n) is 3.14. The molecule has 3 aromatic rings. The van der Waals surface area contributed by atoms with Crippen molar-refractivity contribution >= 4 is 27.4 Å².